The van der Waals surface area contributed by atoms with Crippen molar-refractivity contribution in [1.29, 1.82) is 0 Å². The fourth-order valence-corrected chi connectivity index (χ4v) is 3.55. The second-order valence-electron chi connectivity index (χ2n) is 7.21. The minimum Gasteiger partial charge on any atom is -0.493 e. The second-order valence-corrected chi connectivity index (χ2v) is 7.21. The molecule has 1 unspecified atom stereocenters. The van der Waals surface area contributed by atoms with Crippen molar-refractivity contribution in [2.24, 2.45) is 5.92 Å². The fraction of sp³-hybridized carbons (Fsp3) is 0.409. The molecule has 4 heteroatoms. The number of benzene rings is 2. The summed E-state index contributed by atoms with van der Waals surface area (Å²) >= 11 is 0. The van der Waals surface area contributed by atoms with E-state index in [9.17, 15) is 4.79 Å². The van der Waals surface area contributed by atoms with Crippen molar-refractivity contribution >= 4 is 5.97 Å². The van der Waals surface area contributed by atoms with Crippen LogP contribution in [0, 0.1) is 12.8 Å². The minimum atomic E-state index is -0.787. The SMILES string of the molecule is Cc1ccccc1OCC1CCCN(Cc2ccc(CC(=O)O)cc2)C1. The molecule has 4 nitrogen and oxygen atoms in total. The summed E-state index contributed by atoms with van der Waals surface area (Å²) in [5.41, 5.74) is 3.27. The summed E-state index contributed by atoms with van der Waals surface area (Å²) in [6.45, 7) is 5.91. The highest BCUT2D eigenvalue weighted by atomic mass is 16.5. The van der Waals surface area contributed by atoms with Gasteiger partial charge in [0.15, 0.2) is 0 Å². The molecule has 138 valence electrons. The molecular formula is C22H27NO3. The number of para-hydroxylation sites is 1. The van der Waals surface area contributed by atoms with Gasteiger partial charge in [0.2, 0.25) is 0 Å². The zero-order valence-electron chi connectivity index (χ0n) is 15.4. The Morgan fingerprint density at radius 2 is 1.88 bits per heavy atom. The quantitative estimate of drug-likeness (QED) is 0.820. The molecule has 0 bridgehead atoms. The highest BCUT2D eigenvalue weighted by Gasteiger charge is 2.20. The zero-order chi connectivity index (χ0) is 18.4. The first kappa shape index (κ1) is 18.5. The molecule has 0 aromatic heterocycles. The van der Waals surface area contributed by atoms with E-state index in [2.05, 4.69) is 17.9 Å². The van der Waals surface area contributed by atoms with Gasteiger partial charge in [-0.3, -0.25) is 9.69 Å². The van der Waals surface area contributed by atoms with Crippen molar-refractivity contribution in [3.63, 3.8) is 0 Å². The topological polar surface area (TPSA) is 49.8 Å². The van der Waals surface area contributed by atoms with E-state index in [4.69, 9.17) is 9.84 Å². The third-order valence-corrected chi connectivity index (χ3v) is 4.96. The number of hydrogen-bond acceptors (Lipinski definition) is 3. The Labute approximate surface area is 155 Å². The van der Waals surface area contributed by atoms with E-state index in [1.54, 1.807) is 0 Å². The largest absolute Gasteiger partial charge is 0.493 e. The molecule has 0 saturated carbocycles. The fourth-order valence-electron chi connectivity index (χ4n) is 3.55. The van der Waals surface area contributed by atoms with Gasteiger partial charge < -0.3 is 9.84 Å². The van der Waals surface area contributed by atoms with Crippen LogP contribution in [0.15, 0.2) is 48.5 Å². The summed E-state index contributed by atoms with van der Waals surface area (Å²) in [4.78, 5) is 13.2. The first-order valence-electron chi connectivity index (χ1n) is 9.30. The van der Waals surface area contributed by atoms with E-state index in [1.807, 2.05) is 42.5 Å². The van der Waals surface area contributed by atoms with E-state index >= 15 is 0 Å². The van der Waals surface area contributed by atoms with Crippen molar-refractivity contribution in [1.82, 2.24) is 4.90 Å². The molecule has 0 radical (unpaired) electrons. The maximum Gasteiger partial charge on any atom is 0.307 e. The lowest BCUT2D eigenvalue weighted by molar-refractivity contribution is -0.136. The minimum absolute atomic E-state index is 0.0856. The van der Waals surface area contributed by atoms with E-state index < -0.39 is 5.97 Å². The van der Waals surface area contributed by atoms with Crippen LogP contribution in [0.3, 0.4) is 0 Å². The number of ether oxygens (including phenoxy) is 1. The van der Waals surface area contributed by atoms with Gasteiger partial charge in [-0.15, -0.1) is 0 Å². The molecule has 1 atom stereocenters. The van der Waals surface area contributed by atoms with Gasteiger partial charge in [0, 0.05) is 19.0 Å². The number of hydrogen-bond donors (Lipinski definition) is 1. The molecule has 1 aliphatic rings. The van der Waals surface area contributed by atoms with Crippen LogP contribution in [0.5, 0.6) is 5.75 Å². The van der Waals surface area contributed by atoms with Crippen molar-refractivity contribution in [2.75, 3.05) is 19.7 Å². The Kier molecular flexibility index (Phi) is 6.29. The van der Waals surface area contributed by atoms with Crippen LogP contribution in [0.1, 0.15) is 29.5 Å². The van der Waals surface area contributed by atoms with Crippen LogP contribution in [-0.4, -0.2) is 35.7 Å². The van der Waals surface area contributed by atoms with Crippen molar-refractivity contribution in [3.05, 3.63) is 65.2 Å². The number of piperidine rings is 1. The van der Waals surface area contributed by atoms with Crippen molar-refractivity contribution in [2.45, 2.75) is 32.7 Å². The zero-order valence-corrected chi connectivity index (χ0v) is 15.4. The Morgan fingerprint density at radius 1 is 1.15 bits per heavy atom. The Bertz CT molecular complexity index is 726. The van der Waals surface area contributed by atoms with E-state index in [0.717, 1.165) is 37.6 Å². The Morgan fingerprint density at radius 3 is 2.62 bits per heavy atom. The number of aryl methyl sites for hydroxylation is 1. The third-order valence-electron chi connectivity index (χ3n) is 4.96. The molecule has 1 N–H and O–H groups in total. The predicted octanol–water partition coefficient (Wildman–Crippen LogP) is 3.91. The first-order valence-corrected chi connectivity index (χ1v) is 9.30. The number of carboxylic acids is 1. The van der Waals surface area contributed by atoms with Gasteiger partial charge in [-0.25, -0.2) is 0 Å². The number of likely N-dealkylation sites (tertiary alicyclic amines) is 1. The monoisotopic (exact) mass is 353 g/mol. The van der Waals surface area contributed by atoms with Crippen LogP contribution in [0.25, 0.3) is 0 Å². The van der Waals surface area contributed by atoms with E-state index in [1.165, 1.54) is 24.0 Å². The molecule has 26 heavy (non-hydrogen) atoms. The summed E-state index contributed by atoms with van der Waals surface area (Å²) in [6.07, 6.45) is 2.49. The maximum absolute atomic E-state index is 10.8. The van der Waals surface area contributed by atoms with Gasteiger partial charge in [-0.2, -0.15) is 0 Å². The summed E-state index contributed by atoms with van der Waals surface area (Å²) < 4.78 is 6.05. The molecular weight excluding hydrogens is 326 g/mol. The number of carboxylic acid groups (broad SMARTS) is 1. The third kappa shape index (κ3) is 5.33. The molecule has 1 aliphatic heterocycles. The summed E-state index contributed by atoms with van der Waals surface area (Å²) in [6, 6.07) is 16.1. The van der Waals surface area contributed by atoms with Crippen LogP contribution >= 0.6 is 0 Å². The lowest BCUT2D eigenvalue weighted by Crippen LogP contribution is -2.37. The normalized spacial score (nSPS) is 17.8. The smallest absolute Gasteiger partial charge is 0.307 e. The van der Waals surface area contributed by atoms with Crippen LogP contribution < -0.4 is 4.74 Å². The summed E-state index contributed by atoms with van der Waals surface area (Å²) in [5, 5.41) is 8.86. The number of aliphatic carboxylic acids is 1. The molecule has 1 heterocycles. The standard InChI is InChI=1S/C22H27NO3/c1-17-5-2-3-7-21(17)26-16-20-6-4-12-23(15-20)14-19-10-8-18(9-11-19)13-22(24)25/h2-3,5,7-11,20H,4,6,12-16H2,1H3,(H,24,25). The first-order chi connectivity index (χ1) is 12.6. The Balaban J connectivity index is 1.50. The summed E-state index contributed by atoms with van der Waals surface area (Å²) in [5.74, 6) is 0.749. The van der Waals surface area contributed by atoms with Crippen LogP contribution in [-0.2, 0) is 17.8 Å². The molecule has 2 aromatic carbocycles. The number of carbonyl (C=O) groups is 1. The number of rotatable bonds is 7. The van der Waals surface area contributed by atoms with Crippen molar-refractivity contribution in [3.8, 4) is 5.75 Å². The number of nitrogens with zero attached hydrogens (tertiary/aromatic N) is 1. The van der Waals surface area contributed by atoms with Gasteiger partial charge in [-0.1, -0.05) is 42.5 Å². The van der Waals surface area contributed by atoms with Gasteiger partial charge in [0.25, 0.3) is 0 Å². The van der Waals surface area contributed by atoms with Gasteiger partial charge in [0.05, 0.1) is 13.0 Å². The Hall–Kier alpha value is -2.33. The maximum atomic E-state index is 10.8. The van der Waals surface area contributed by atoms with E-state index in [-0.39, 0.29) is 6.42 Å². The molecule has 1 fully saturated rings. The predicted molar refractivity (Wildman–Crippen MR) is 102 cm³/mol. The molecule has 3 rings (SSSR count). The van der Waals surface area contributed by atoms with Crippen LogP contribution in [0.4, 0.5) is 0 Å². The summed E-state index contributed by atoms with van der Waals surface area (Å²) in [7, 11) is 0. The van der Waals surface area contributed by atoms with Gasteiger partial charge in [0.1, 0.15) is 5.75 Å². The lowest BCUT2D eigenvalue weighted by Gasteiger charge is -2.32. The molecule has 0 spiro atoms. The van der Waals surface area contributed by atoms with Gasteiger partial charge in [-0.05, 0) is 49.1 Å². The molecule has 0 aliphatic carbocycles. The average Bonchev–Trinajstić information content (AvgIpc) is 2.63. The molecule has 1 saturated heterocycles. The molecule has 0 amide bonds. The molecule has 2 aromatic rings. The lowest BCUT2D eigenvalue weighted by atomic mass is 9.98. The van der Waals surface area contributed by atoms with E-state index in [0.29, 0.717) is 5.92 Å². The highest BCUT2D eigenvalue weighted by Crippen LogP contribution is 2.22. The highest BCUT2D eigenvalue weighted by molar-refractivity contribution is 5.70. The van der Waals surface area contributed by atoms with Gasteiger partial charge >= 0.3 is 5.97 Å². The van der Waals surface area contributed by atoms with Crippen LogP contribution in [0.2, 0.25) is 0 Å². The second kappa shape index (κ2) is 8.86. The average molecular weight is 353 g/mol. The van der Waals surface area contributed by atoms with Crippen molar-refractivity contribution < 1.29 is 14.6 Å².